The molecule has 12 rings (SSSR count). The fourth-order valence-electron chi connectivity index (χ4n) is 8.80. The molecule has 0 aliphatic rings. The molecule has 8 aromatic carbocycles. The summed E-state index contributed by atoms with van der Waals surface area (Å²) in [5.74, 6) is 0.821. The maximum absolute atomic E-state index is 5.62. The summed E-state index contributed by atoms with van der Waals surface area (Å²) in [4.78, 5) is 11.1. The summed E-state index contributed by atoms with van der Waals surface area (Å²) in [6.45, 7) is 0. The number of rotatable bonds is 3. The molecule has 4 nitrogen and oxygen atoms in total. The van der Waals surface area contributed by atoms with E-state index in [0.29, 0.717) is 0 Å². The van der Waals surface area contributed by atoms with Crippen molar-refractivity contribution in [3.63, 3.8) is 0 Å². The predicted molar refractivity (Wildman–Crippen MR) is 217 cm³/mol. The summed E-state index contributed by atoms with van der Waals surface area (Å²) in [6, 6.07) is 61.0. The van der Waals surface area contributed by atoms with Crippen molar-refractivity contribution in [2.45, 2.75) is 0 Å². The van der Waals surface area contributed by atoms with Crippen molar-refractivity contribution in [3.8, 4) is 28.2 Å². The first-order valence-corrected chi connectivity index (χ1v) is 17.8. The molecule has 52 heavy (non-hydrogen) atoms. The lowest BCUT2D eigenvalue weighted by Crippen LogP contribution is -2.04. The second-order valence-corrected chi connectivity index (χ2v) is 13.8. The molecule has 12 aromatic rings. The molecule has 0 saturated heterocycles. The summed E-state index contributed by atoms with van der Waals surface area (Å²) in [6.07, 6.45) is 0. The van der Waals surface area contributed by atoms with Gasteiger partial charge in [-0.15, -0.1) is 0 Å². The van der Waals surface area contributed by atoms with E-state index in [1.54, 1.807) is 0 Å². The van der Waals surface area contributed by atoms with Gasteiger partial charge in [0.25, 0.3) is 0 Å². The first-order chi connectivity index (χ1) is 25.8. The molecule has 0 radical (unpaired) electrons. The zero-order chi connectivity index (χ0) is 33.9. The molecule has 0 aliphatic carbocycles. The first kappa shape index (κ1) is 27.7. The molecule has 0 amide bonds. The van der Waals surface area contributed by atoms with Gasteiger partial charge >= 0.3 is 0 Å². The van der Waals surface area contributed by atoms with E-state index in [4.69, 9.17) is 9.97 Å². The summed E-state index contributed by atoms with van der Waals surface area (Å²) < 4.78 is 4.85. The van der Waals surface area contributed by atoms with Gasteiger partial charge in [-0.05, 0) is 52.2 Å². The van der Waals surface area contributed by atoms with Crippen LogP contribution in [0.4, 0.5) is 0 Å². The van der Waals surface area contributed by atoms with Crippen LogP contribution >= 0.6 is 0 Å². The van der Waals surface area contributed by atoms with Crippen molar-refractivity contribution in [1.82, 2.24) is 18.9 Å². The molecule has 0 atom stereocenters. The number of para-hydroxylation sites is 2. The molecule has 0 spiro atoms. The largest absolute Gasteiger partial charge is 0.308 e. The van der Waals surface area contributed by atoms with Crippen LogP contribution in [-0.4, -0.2) is 18.9 Å². The second-order valence-electron chi connectivity index (χ2n) is 13.8. The van der Waals surface area contributed by atoms with Crippen LogP contribution in [0.3, 0.4) is 0 Å². The minimum atomic E-state index is 0.821. The Morgan fingerprint density at radius 2 is 0.962 bits per heavy atom. The van der Waals surface area contributed by atoms with Crippen LogP contribution in [0.2, 0.25) is 0 Å². The highest BCUT2D eigenvalue weighted by Gasteiger charge is 2.24. The molecule has 0 bridgehead atoms. The number of benzene rings is 8. The van der Waals surface area contributed by atoms with Crippen molar-refractivity contribution in [3.05, 3.63) is 170 Å². The first-order valence-electron chi connectivity index (χ1n) is 17.8. The van der Waals surface area contributed by atoms with Crippen LogP contribution in [0.15, 0.2) is 170 Å². The number of hydrogen-bond donors (Lipinski definition) is 0. The van der Waals surface area contributed by atoms with Crippen molar-refractivity contribution < 1.29 is 0 Å². The highest BCUT2D eigenvalue weighted by Crippen LogP contribution is 2.45. The monoisotopic (exact) mass is 660 g/mol. The Morgan fingerprint density at radius 3 is 1.83 bits per heavy atom. The van der Waals surface area contributed by atoms with Gasteiger partial charge in [-0.25, -0.2) is 9.97 Å². The number of aromatic nitrogens is 4. The van der Waals surface area contributed by atoms with Gasteiger partial charge in [0.05, 0.1) is 38.6 Å². The molecule has 0 saturated carbocycles. The standard InChI is InChI=1S/C48H28N4/c1-2-11-29(12-3-1)30-23-25-32(26-24-30)45-48(50-46-33-14-5-4-13-31(33)27-28-38(46)49-45)52-40-20-9-16-35-37-18-8-17-36-34-15-6-7-19-39(34)51(47(36)37)41-21-10-22-42(52)44(41)43(35)40/h1-28H. The lowest BCUT2D eigenvalue weighted by molar-refractivity contribution is 1.08. The zero-order valence-corrected chi connectivity index (χ0v) is 28.0. The van der Waals surface area contributed by atoms with E-state index in [9.17, 15) is 0 Å². The molecule has 0 fully saturated rings. The maximum atomic E-state index is 5.62. The summed E-state index contributed by atoms with van der Waals surface area (Å²) in [5, 5.41) is 9.70. The third kappa shape index (κ3) is 3.65. The smallest absolute Gasteiger partial charge is 0.165 e. The van der Waals surface area contributed by atoms with E-state index < -0.39 is 0 Å². The Labute approximate surface area is 297 Å². The number of nitrogens with zero attached hydrogens (tertiary/aromatic N) is 4. The predicted octanol–water partition coefficient (Wildman–Crippen LogP) is 12.4. The summed E-state index contributed by atoms with van der Waals surface area (Å²) in [7, 11) is 0. The molecule has 0 N–H and O–H groups in total. The van der Waals surface area contributed by atoms with Crippen molar-refractivity contribution in [2.24, 2.45) is 0 Å². The minimum absolute atomic E-state index is 0.821. The van der Waals surface area contributed by atoms with Gasteiger partial charge in [-0.1, -0.05) is 140 Å². The number of fused-ring (bicyclic) bond motifs is 8. The van der Waals surface area contributed by atoms with Gasteiger partial charge in [0.2, 0.25) is 0 Å². The lowest BCUT2D eigenvalue weighted by Gasteiger charge is -2.15. The SMILES string of the molecule is c1ccc(-c2ccc(-c3nc4ccc5ccccc5c4nc3-n3c4cccc5c6cccc7c8ccccc8n(c8cccc3c8c54)c67)cc2)cc1. The van der Waals surface area contributed by atoms with Crippen LogP contribution in [0.25, 0.3) is 110 Å². The van der Waals surface area contributed by atoms with Crippen LogP contribution in [0.5, 0.6) is 0 Å². The van der Waals surface area contributed by atoms with Gasteiger partial charge in [-0.2, -0.15) is 0 Å². The van der Waals surface area contributed by atoms with Gasteiger partial charge in [-0.3, -0.25) is 4.57 Å². The fourth-order valence-corrected chi connectivity index (χ4v) is 8.80. The molecule has 240 valence electrons. The summed E-state index contributed by atoms with van der Waals surface area (Å²) in [5.41, 5.74) is 11.9. The van der Waals surface area contributed by atoms with Gasteiger partial charge in [0.15, 0.2) is 5.82 Å². The zero-order valence-electron chi connectivity index (χ0n) is 28.0. The fraction of sp³-hybridized carbons (Fsp3) is 0. The number of hydrogen-bond acceptors (Lipinski definition) is 2. The normalized spacial score (nSPS) is 12.2. The molecule has 4 heteroatoms. The quantitative estimate of drug-likeness (QED) is 0.177. The average molecular weight is 661 g/mol. The van der Waals surface area contributed by atoms with Crippen molar-refractivity contribution >= 4 is 81.7 Å². The van der Waals surface area contributed by atoms with Gasteiger partial charge < -0.3 is 4.40 Å². The van der Waals surface area contributed by atoms with E-state index in [0.717, 1.165) is 49.9 Å². The molecule has 0 aliphatic heterocycles. The average Bonchev–Trinajstić information content (AvgIpc) is 3.69. The Bertz CT molecular complexity index is 3390. The Hall–Kier alpha value is -7.04. The molecule has 0 unspecified atom stereocenters. The van der Waals surface area contributed by atoms with Gasteiger partial charge in [0.1, 0.15) is 5.69 Å². The second kappa shape index (κ2) is 10.3. The third-order valence-electron chi connectivity index (χ3n) is 11.0. The highest BCUT2D eigenvalue weighted by atomic mass is 15.1. The van der Waals surface area contributed by atoms with Crippen LogP contribution in [0, 0.1) is 0 Å². The molecule has 4 heterocycles. The van der Waals surface area contributed by atoms with Crippen LogP contribution in [0.1, 0.15) is 0 Å². The minimum Gasteiger partial charge on any atom is -0.308 e. The van der Waals surface area contributed by atoms with E-state index in [1.807, 2.05) is 0 Å². The highest BCUT2D eigenvalue weighted by molar-refractivity contribution is 6.31. The molecular weight excluding hydrogens is 633 g/mol. The van der Waals surface area contributed by atoms with E-state index in [-0.39, 0.29) is 0 Å². The topological polar surface area (TPSA) is 35.1 Å². The Morgan fingerprint density at radius 1 is 0.365 bits per heavy atom. The lowest BCUT2D eigenvalue weighted by atomic mass is 10.0. The molecule has 4 aromatic heterocycles. The van der Waals surface area contributed by atoms with E-state index in [2.05, 4.69) is 179 Å². The maximum Gasteiger partial charge on any atom is 0.165 e. The Balaban J connectivity index is 1.25. The van der Waals surface area contributed by atoms with Crippen molar-refractivity contribution in [2.75, 3.05) is 0 Å². The molecular formula is C48H28N4. The third-order valence-corrected chi connectivity index (χ3v) is 11.0. The Kier molecular flexibility index (Phi) is 5.47. The van der Waals surface area contributed by atoms with Gasteiger partial charge in [0, 0.05) is 37.9 Å². The van der Waals surface area contributed by atoms with Crippen molar-refractivity contribution in [1.29, 1.82) is 0 Å². The summed E-state index contributed by atoms with van der Waals surface area (Å²) >= 11 is 0. The van der Waals surface area contributed by atoms with Crippen LogP contribution < -0.4 is 0 Å². The van der Waals surface area contributed by atoms with E-state index >= 15 is 0 Å². The van der Waals surface area contributed by atoms with E-state index in [1.165, 1.54) is 60.0 Å². The van der Waals surface area contributed by atoms with Crippen LogP contribution in [-0.2, 0) is 0 Å².